The van der Waals surface area contributed by atoms with E-state index in [0.29, 0.717) is 6.04 Å². The van der Waals surface area contributed by atoms with E-state index in [1.165, 1.54) is 19.3 Å². The fraction of sp³-hybridized carbons (Fsp3) is 1.00. The van der Waals surface area contributed by atoms with Gasteiger partial charge in [-0.25, -0.2) is 0 Å². The summed E-state index contributed by atoms with van der Waals surface area (Å²) >= 11 is 0. The van der Waals surface area contributed by atoms with E-state index in [2.05, 4.69) is 30.8 Å². The third-order valence-corrected chi connectivity index (χ3v) is 3.13. The molecule has 0 aromatic rings. The predicted molar refractivity (Wildman–Crippen MR) is 64.1 cm³/mol. The summed E-state index contributed by atoms with van der Waals surface area (Å²) < 4.78 is 0. The monoisotopic (exact) mass is 214 g/mol. The number of nitrogens with zero attached hydrogens (tertiary/aromatic N) is 2. The molecule has 1 aliphatic heterocycles. The van der Waals surface area contributed by atoms with E-state index in [0.717, 1.165) is 26.1 Å². The van der Waals surface area contributed by atoms with Crippen molar-refractivity contribution in [2.75, 3.05) is 33.7 Å². The average molecular weight is 214 g/mol. The largest absolute Gasteiger partial charge is 0.392 e. The van der Waals surface area contributed by atoms with Crippen LogP contribution in [-0.4, -0.2) is 60.8 Å². The Morgan fingerprint density at radius 1 is 1.33 bits per heavy atom. The van der Waals surface area contributed by atoms with E-state index in [9.17, 15) is 5.11 Å². The maximum absolute atomic E-state index is 9.68. The molecule has 0 aromatic heterocycles. The minimum absolute atomic E-state index is 0.100. The maximum Gasteiger partial charge on any atom is 0.0682 e. The lowest BCUT2D eigenvalue weighted by Gasteiger charge is -2.26. The van der Waals surface area contributed by atoms with E-state index in [4.69, 9.17) is 0 Å². The van der Waals surface area contributed by atoms with Gasteiger partial charge in [0.2, 0.25) is 0 Å². The third kappa shape index (κ3) is 4.49. The van der Waals surface area contributed by atoms with Gasteiger partial charge in [0.25, 0.3) is 0 Å². The highest BCUT2D eigenvalue weighted by Gasteiger charge is 2.30. The number of aliphatic hydroxyl groups excluding tert-OH is 1. The third-order valence-electron chi connectivity index (χ3n) is 3.13. The van der Waals surface area contributed by atoms with Crippen molar-refractivity contribution in [3.8, 4) is 0 Å². The molecule has 2 unspecified atom stereocenters. The Morgan fingerprint density at radius 3 is 2.67 bits per heavy atom. The Morgan fingerprint density at radius 2 is 2.07 bits per heavy atom. The normalized spacial score (nSPS) is 27.8. The highest BCUT2D eigenvalue weighted by atomic mass is 16.3. The van der Waals surface area contributed by atoms with Crippen LogP contribution in [0.2, 0.25) is 0 Å². The second-order valence-corrected chi connectivity index (χ2v) is 5.01. The Bertz CT molecular complexity index is 173. The molecule has 1 rings (SSSR count). The summed E-state index contributed by atoms with van der Waals surface area (Å²) in [6, 6.07) is 0.562. The molecule has 0 amide bonds. The molecule has 0 bridgehead atoms. The Hall–Kier alpha value is -0.120. The molecule has 0 spiro atoms. The van der Waals surface area contributed by atoms with Crippen molar-refractivity contribution in [2.45, 2.75) is 44.8 Å². The number of rotatable bonds is 6. The lowest BCUT2D eigenvalue weighted by Crippen LogP contribution is -2.38. The predicted octanol–water partition coefficient (Wildman–Crippen LogP) is 1.17. The Kier molecular flexibility index (Phi) is 5.58. The summed E-state index contributed by atoms with van der Waals surface area (Å²) in [6.07, 6.45) is 4.70. The first-order chi connectivity index (χ1) is 7.13. The van der Waals surface area contributed by atoms with Crippen LogP contribution in [0.1, 0.15) is 32.6 Å². The molecule has 0 saturated carbocycles. The van der Waals surface area contributed by atoms with Gasteiger partial charge < -0.3 is 10.0 Å². The SMILES string of the molecule is CCCCCN1CC(O)CC1CN(C)C. The summed E-state index contributed by atoms with van der Waals surface area (Å²) in [6.45, 7) is 5.34. The molecule has 0 aliphatic carbocycles. The van der Waals surface area contributed by atoms with Crippen LogP contribution in [0.25, 0.3) is 0 Å². The van der Waals surface area contributed by atoms with Gasteiger partial charge in [-0.15, -0.1) is 0 Å². The van der Waals surface area contributed by atoms with Crippen LogP contribution in [-0.2, 0) is 0 Å². The van der Waals surface area contributed by atoms with Crippen LogP contribution in [0, 0.1) is 0 Å². The number of unbranched alkanes of at least 4 members (excludes halogenated alkanes) is 2. The van der Waals surface area contributed by atoms with Gasteiger partial charge in [-0.3, -0.25) is 4.90 Å². The first kappa shape index (κ1) is 12.9. The van der Waals surface area contributed by atoms with Crippen molar-refractivity contribution in [2.24, 2.45) is 0 Å². The van der Waals surface area contributed by atoms with E-state index >= 15 is 0 Å². The molecule has 3 nitrogen and oxygen atoms in total. The van der Waals surface area contributed by atoms with Gasteiger partial charge in [-0.2, -0.15) is 0 Å². The topological polar surface area (TPSA) is 26.7 Å². The molecule has 90 valence electrons. The minimum Gasteiger partial charge on any atom is -0.392 e. The van der Waals surface area contributed by atoms with Crippen LogP contribution in [0.5, 0.6) is 0 Å². The first-order valence-electron chi connectivity index (χ1n) is 6.20. The molecule has 0 radical (unpaired) electrons. The lowest BCUT2D eigenvalue weighted by atomic mass is 10.2. The van der Waals surface area contributed by atoms with Crippen LogP contribution in [0.15, 0.2) is 0 Å². The van der Waals surface area contributed by atoms with Crippen molar-refractivity contribution in [3.63, 3.8) is 0 Å². The van der Waals surface area contributed by atoms with E-state index in [1.54, 1.807) is 0 Å². The quantitative estimate of drug-likeness (QED) is 0.673. The van der Waals surface area contributed by atoms with Gasteiger partial charge in [0.15, 0.2) is 0 Å². The van der Waals surface area contributed by atoms with E-state index in [-0.39, 0.29) is 6.10 Å². The molecular weight excluding hydrogens is 188 g/mol. The first-order valence-corrected chi connectivity index (χ1v) is 6.20. The number of hydrogen-bond donors (Lipinski definition) is 1. The second-order valence-electron chi connectivity index (χ2n) is 5.01. The van der Waals surface area contributed by atoms with Gasteiger partial charge >= 0.3 is 0 Å². The molecule has 1 fully saturated rings. The fourth-order valence-corrected chi connectivity index (χ4v) is 2.41. The summed E-state index contributed by atoms with van der Waals surface area (Å²) in [5, 5.41) is 9.68. The zero-order valence-electron chi connectivity index (χ0n) is 10.4. The van der Waals surface area contributed by atoms with Crippen LogP contribution < -0.4 is 0 Å². The van der Waals surface area contributed by atoms with Crippen molar-refractivity contribution in [1.29, 1.82) is 0 Å². The number of aliphatic hydroxyl groups is 1. The van der Waals surface area contributed by atoms with Crippen LogP contribution in [0.4, 0.5) is 0 Å². The standard InChI is InChI=1S/C12H26N2O/c1-4-5-6-7-14-10-12(15)8-11(14)9-13(2)3/h11-12,15H,4-10H2,1-3H3. The lowest BCUT2D eigenvalue weighted by molar-refractivity contribution is 0.171. The molecule has 1 heterocycles. The van der Waals surface area contributed by atoms with E-state index < -0.39 is 0 Å². The summed E-state index contributed by atoms with van der Waals surface area (Å²) in [5.41, 5.74) is 0. The summed E-state index contributed by atoms with van der Waals surface area (Å²) in [7, 11) is 4.21. The zero-order valence-corrected chi connectivity index (χ0v) is 10.4. The molecular formula is C12H26N2O. The maximum atomic E-state index is 9.68. The molecule has 1 N–H and O–H groups in total. The van der Waals surface area contributed by atoms with E-state index in [1.807, 2.05) is 0 Å². The summed E-state index contributed by atoms with van der Waals surface area (Å²) in [5.74, 6) is 0. The van der Waals surface area contributed by atoms with Crippen molar-refractivity contribution >= 4 is 0 Å². The van der Waals surface area contributed by atoms with Gasteiger partial charge in [0, 0.05) is 19.1 Å². The molecule has 2 atom stereocenters. The van der Waals surface area contributed by atoms with Crippen molar-refractivity contribution < 1.29 is 5.11 Å². The Balaban J connectivity index is 2.31. The zero-order chi connectivity index (χ0) is 11.3. The van der Waals surface area contributed by atoms with Gasteiger partial charge in [0.1, 0.15) is 0 Å². The molecule has 1 saturated heterocycles. The van der Waals surface area contributed by atoms with Crippen LogP contribution >= 0.6 is 0 Å². The summed E-state index contributed by atoms with van der Waals surface area (Å²) in [4.78, 5) is 4.68. The number of likely N-dealkylation sites (tertiary alicyclic amines) is 1. The number of likely N-dealkylation sites (N-methyl/N-ethyl adjacent to an activating group) is 1. The minimum atomic E-state index is -0.100. The van der Waals surface area contributed by atoms with Crippen molar-refractivity contribution in [3.05, 3.63) is 0 Å². The van der Waals surface area contributed by atoms with Crippen LogP contribution in [0.3, 0.4) is 0 Å². The van der Waals surface area contributed by atoms with Gasteiger partial charge in [-0.1, -0.05) is 19.8 Å². The van der Waals surface area contributed by atoms with Gasteiger partial charge in [-0.05, 0) is 33.5 Å². The van der Waals surface area contributed by atoms with Crippen molar-refractivity contribution in [1.82, 2.24) is 9.80 Å². The highest BCUT2D eigenvalue weighted by molar-refractivity contribution is 4.86. The number of hydrogen-bond acceptors (Lipinski definition) is 3. The van der Waals surface area contributed by atoms with Gasteiger partial charge in [0.05, 0.1) is 6.10 Å². The molecule has 3 heteroatoms. The Labute approximate surface area is 94.1 Å². The average Bonchev–Trinajstić information content (AvgIpc) is 2.46. The molecule has 15 heavy (non-hydrogen) atoms. The molecule has 1 aliphatic rings. The second kappa shape index (κ2) is 6.46. The number of β-amino-alcohol motifs (C(OH)–C–C–N with tert-alkyl or cyclic N) is 1. The molecule has 0 aromatic carbocycles. The smallest absolute Gasteiger partial charge is 0.0682 e. The highest BCUT2D eigenvalue weighted by Crippen LogP contribution is 2.19. The fourth-order valence-electron chi connectivity index (χ4n) is 2.41.